The number of hydrogen-bond acceptors (Lipinski definition) is 4. The first-order valence-corrected chi connectivity index (χ1v) is 8.11. The van der Waals surface area contributed by atoms with Crippen LogP contribution in [-0.2, 0) is 19.3 Å². The zero-order chi connectivity index (χ0) is 16.0. The number of rotatable bonds is 2. The molecule has 2 heterocycles. The Balaban J connectivity index is 1.57. The summed E-state index contributed by atoms with van der Waals surface area (Å²) in [7, 11) is 0. The number of aryl methyl sites for hydroxylation is 3. The molecule has 2 aromatic rings. The molecule has 6 heteroatoms. The largest absolute Gasteiger partial charge is 0.465 e. The van der Waals surface area contributed by atoms with Gasteiger partial charge in [-0.05, 0) is 31.7 Å². The third-order valence-electron chi connectivity index (χ3n) is 4.83. The lowest BCUT2D eigenvalue weighted by atomic mass is 9.91. The summed E-state index contributed by atoms with van der Waals surface area (Å²) in [5.74, 6) is 1.03. The number of fused-ring (bicyclic) bond motifs is 2. The highest BCUT2D eigenvalue weighted by atomic mass is 16.3. The quantitative estimate of drug-likeness (QED) is 0.889. The number of nitrogens with one attached hydrogen (secondary N) is 2. The van der Waals surface area contributed by atoms with Crippen molar-refractivity contribution in [1.82, 2.24) is 15.5 Å². The van der Waals surface area contributed by atoms with Gasteiger partial charge in [-0.3, -0.25) is 14.7 Å². The van der Waals surface area contributed by atoms with Gasteiger partial charge in [0.1, 0.15) is 11.5 Å². The van der Waals surface area contributed by atoms with E-state index in [4.69, 9.17) is 4.42 Å². The first-order chi connectivity index (χ1) is 11.1. The Morgan fingerprint density at radius 3 is 3.13 bits per heavy atom. The smallest absolute Gasteiger partial charge is 0.255 e. The number of Topliss-reactive ketones (excluding diaryl/α,β-unsaturated/α-hetero) is 1. The van der Waals surface area contributed by atoms with Gasteiger partial charge in [-0.15, -0.1) is 0 Å². The van der Waals surface area contributed by atoms with Gasteiger partial charge in [-0.2, -0.15) is 5.10 Å². The van der Waals surface area contributed by atoms with Gasteiger partial charge in [0, 0.05) is 31.0 Å². The monoisotopic (exact) mass is 313 g/mol. The highest BCUT2D eigenvalue weighted by Gasteiger charge is 2.31. The van der Waals surface area contributed by atoms with Gasteiger partial charge in [0.05, 0.1) is 17.3 Å². The van der Waals surface area contributed by atoms with Crippen molar-refractivity contribution in [2.24, 2.45) is 0 Å². The van der Waals surface area contributed by atoms with E-state index < -0.39 is 0 Å². The van der Waals surface area contributed by atoms with Crippen molar-refractivity contribution in [3.8, 4) is 0 Å². The van der Waals surface area contributed by atoms with Gasteiger partial charge in [0.2, 0.25) is 0 Å². The SMILES string of the molecule is Cc1oc2c(c1C(=O)N[C@H]1CCc3cn[nH]c3C1)C(=O)CCC2. The molecule has 120 valence electrons. The lowest BCUT2D eigenvalue weighted by molar-refractivity contribution is 0.0913. The normalized spacial score (nSPS) is 20.0. The minimum atomic E-state index is -0.198. The summed E-state index contributed by atoms with van der Waals surface area (Å²) in [5, 5.41) is 10.1. The van der Waals surface area contributed by atoms with E-state index in [1.807, 2.05) is 6.20 Å². The van der Waals surface area contributed by atoms with Crippen LogP contribution >= 0.6 is 0 Å². The number of ketones is 1. The van der Waals surface area contributed by atoms with Gasteiger partial charge in [-0.1, -0.05) is 0 Å². The maximum Gasteiger partial charge on any atom is 0.255 e. The molecule has 1 amide bonds. The van der Waals surface area contributed by atoms with Crippen LogP contribution in [0.1, 0.15) is 62.8 Å². The molecule has 0 aromatic carbocycles. The lowest BCUT2D eigenvalue weighted by Crippen LogP contribution is -2.39. The number of hydrogen-bond donors (Lipinski definition) is 2. The fraction of sp³-hybridized carbons (Fsp3) is 0.471. The third kappa shape index (κ3) is 2.38. The van der Waals surface area contributed by atoms with E-state index >= 15 is 0 Å². The zero-order valence-corrected chi connectivity index (χ0v) is 13.1. The Bertz CT molecular complexity index is 787. The molecule has 4 rings (SSSR count). The number of carbonyl (C=O) groups excluding carboxylic acids is 2. The van der Waals surface area contributed by atoms with Gasteiger partial charge in [0.15, 0.2) is 5.78 Å². The number of carbonyl (C=O) groups is 2. The molecule has 0 radical (unpaired) electrons. The van der Waals surface area contributed by atoms with E-state index in [-0.39, 0.29) is 17.7 Å². The average Bonchev–Trinajstić information content (AvgIpc) is 3.10. The predicted octanol–water partition coefficient (Wildman–Crippen LogP) is 2.12. The van der Waals surface area contributed by atoms with E-state index in [0.717, 1.165) is 37.8 Å². The van der Waals surface area contributed by atoms with Crippen LogP contribution in [0.15, 0.2) is 10.6 Å². The molecule has 0 saturated heterocycles. The van der Waals surface area contributed by atoms with Crippen molar-refractivity contribution >= 4 is 11.7 Å². The Hall–Kier alpha value is -2.37. The Labute approximate surface area is 133 Å². The van der Waals surface area contributed by atoms with E-state index in [2.05, 4.69) is 15.5 Å². The first kappa shape index (κ1) is 14.2. The summed E-state index contributed by atoms with van der Waals surface area (Å²) in [6.07, 6.45) is 6.40. The molecule has 0 bridgehead atoms. The van der Waals surface area contributed by atoms with Crippen molar-refractivity contribution in [3.63, 3.8) is 0 Å². The summed E-state index contributed by atoms with van der Waals surface area (Å²) in [6.45, 7) is 1.76. The van der Waals surface area contributed by atoms with E-state index in [1.54, 1.807) is 6.92 Å². The summed E-state index contributed by atoms with van der Waals surface area (Å²) in [6, 6.07) is 0.0547. The number of H-pyrrole nitrogens is 1. The minimum absolute atomic E-state index is 0.0211. The van der Waals surface area contributed by atoms with Gasteiger partial charge in [0.25, 0.3) is 5.91 Å². The Kier molecular flexibility index (Phi) is 3.32. The van der Waals surface area contributed by atoms with Crippen molar-refractivity contribution in [3.05, 3.63) is 40.1 Å². The summed E-state index contributed by atoms with van der Waals surface area (Å²) in [4.78, 5) is 24.9. The molecule has 0 spiro atoms. The number of aromatic amines is 1. The highest BCUT2D eigenvalue weighted by molar-refractivity contribution is 6.10. The van der Waals surface area contributed by atoms with Crippen LogP contribution in [0.25, 0.3) is 0 Å². The molecule has 1 atom stereocenters. The van der Waals surface area contributed by atoms with Crippen molar-refractivity contribution < 1.29 is 14.0 Å². The topological polar surface area (TPSA) is 88.0 Å². The molecule has 2 aliphatic rings. The number of aromatic nitrogens is 2. The van der Waals surface area contributed by atoms with E-state index in [9.17, 15) is 9.59 Å². The van der Waals surface area contributed by atoms with Gasteiger partial charge in [-0.25, -0.2) is 0 Å². The van der Waals surface area contributed by atoms with Crippen molar-refractivity contribution in [1.29, 1.82) is 0 Å². The summed E-state index contributed by atoms with van der Waals surface area (Å²) < 4.78 is 5.66. The van der Waals surface area contributed by atoms with Crippen LogP contribution in [0.5, 0.6) is 0 Å². The number of amides is 1. The fourth-order valence-electron chi connectivity index (χ4n) is 3.67. The fourth-order valence-corrected chi connectivity index (χ4v) is 3.67. The summed E-state index contributed by atoms with van der Waals surface area (Å²) >= 11 is 0. The second-order valence-electron chi connectivity index (χ2n) is 6.40. The number of nitrogens with zero attached hydrogens (tertiary/aromatic N) is 1. The maximum atomic E-state index is 12.7. The molecule has 0 unspecified atom stereocenters. The van der Waals surface area contributed by atoms with Gasteiger partial charge >= 0.3 is 0 Å². The highest BCUT2D eigenvalue weighted by Crippen LogP contribution is 2.30. The molecule has 23 heavy (non-hydrogen) atoms. The van der Waals surface area contributed by atoms with Crippen LogP contribution in [0.4, 0.5) is 0 Å². The molecule has 0 aliphatic heterocycles. The molecule has 2 aliphatic carbocycles. The maximum absolute atomic E-state index is 12.7. The first-order valence-electron chi connectivity index (χ1n) is 8.11. The van der Waals surface area contributed by atoms with Crippen LogP contribution < -0.4 is 5.32 Å². The standard InChI is InChI=1S/C17H19N3O3/c1-9-15(16-13(21)3-2-4-14(16)23-9)17(22)19-11-6-5-10-8-18-20-12(10)7-11/h8,11H,2-7H2,1H3,(H,18,20)(H,19,22)/t11-/m0/s1. The second-order valence-corrected chi connectivity index (χ2v) is 6.40. The molecule has 0 saturated carbocycles. The van der Waals surface area contributed by atoms with Crippen molar-refractivity contribution in [2.45, 2.75) is 51.5 Å². The summed E-state index contributed by atoms with van der Waals surface area (Å²) in [5.41, 5.74) is 3.25. The lowest BCUT2D eigenvalue weighted by Gasteiger charge is -2.23. The Morgan fingerprint density at radius 1 is 1.39 bits per heavy atom. The molecule has 0 fully saturated rings. The van der Waals surface area contributed by atoms with Crippen molar-refractivity contribution in [2.75, 3.05) is 0 Å². The van der Waals surface area contributed by atoms with Crippen LogP contribution in [0.2, 0.25) is 0 Å². The molecular weight excluding hydrogens is 294 g/mol. The average molecular weight is 313 g/mol. The predicted molar refractivity (Wildman–Crippen MR) is 82.6 cm³/mol. The zero-order valence-electron chi connectivity index (χ0n) is 13.1. The van der Waals surface area contributed by atoms with E-state index in [0.29, 0.717) is 29.1 Å². The molecule has 2 aromatic heterocycles. The van der Waals surface area contributed by atoms with Crippen LogP contribution in [0, 0.1) is 6.92 Å². The van der Waals surface area contributed by atoms with E-state index in [1.165, 1.54) is 5.56 Å². The minimum Gasteiger partial charge on any atom is -0.465 e. The molecule has 6 nitrogen and oxygen atoms in total. The van der Waals surface area contributed by atoms with Gasteiger partial charge < -0.3 is 9.73 Å². The Morgan fingerprint density at radius 2 is 2.26 bits per heavy atom. The van der Waals surface area contributed by atoms with Crippen LogP contribution in [0.3, 0.4) is 0 Å². The third-order valence-corrected chi connectivity index (χ3v) is 4.83. The van der Waals surface area contributed by atoms with Crippen LogP contribution in [-0.4, -0.2) is 27.9 Å². The molecule has 2 N–H and O–H groups in total. The second kappa shape index (κ2) is 5.37. The molecular formula is C17H19N3O3. The number of furan rings is 1.